The molecule has 0 aliphatic carbocycles. The van der Waals surface area contributed by atoms with Gasteiger partial charge in [0.15, 0.2) is 0 Å². The number of aryl methyl sites for hydroxylation is 2. The Morgan fingerprint density at radius 2 is 1.94 bits per heavy atom. The number of hydrogen-bond donors (Lipinski definition) is 0. The summed E-state index contributed by atoms with van der Waals surface area (Å²) in [5.41, 5.74) is 1.32. The number of carbonyl (C=O) groups is 1. The maximum Gasteiger partial charge on any atom is 0.259 e. The zero-order valence-corrected chi connectivity index (χ0v) is 10.7. The third-order valence-electron chi connectivity index (χ3n) is 3.35. The summed E-state index contributed by atoms with van der Waals surface area (Å²) in [7, 11) is 0. The Bertz CT molecular complexity index is 386. The van der Waals surface area contributed by atoms with Gasteiger partial charge < -0.3 is 14.3 Å². The Balaban J connectivity index is 2.07. The molecule has 5 heteroatoms. The number of hydrogen-bond acceptors (Lipinski definition) is 4. The fourth-order valence-corrected chi connectivity index (χ4v) is 2.21. The molecule has 0 radical (unpaired) electrons. The molecule has 1 fully saturated rings. The van der Waals surface area contributed by atoms with E-state index in [1.165, 1.54) is 0 Å². The van der Waals surface area contributed by atoms with Gasteiger partial charge in [0, 0.05) is 26.2 Å². The van der Waals surface area contributed by atoms with E-state index in [0.717, 1.165) is 32.7 Å². The van der Waals surface area contributed by atoms with Crippen molar-refractivity contribution in [2.24, 2.45) is 0 Å². The molecule has 1 aromatic rings. The predicted octanol–water partition coefficient (Wildman–Crippen LogP) is 1.07. The standard InChI is InChI=1S/C12H19N3O2/c1-4-14-5-7-15(8-6-14)12(16)11-9(2)13-17-10(11)3/h4-8H2,1-3H3. The van der Waals surface area contributed by atoms with Crippen LogP contribution in [0.1, 0.15) is 28.7 Å². The van der Waals surface area contributed by atoms with Gasteiger partial charge >= 0.3 is 0 Å². The van der Waals surface area contributed by atoms with Crippen molar-refractivity contribution in [2.75, 3.05) is 32.7 Å². The second-order valence-corrected chi connectivity index (χ2v) is 4.43. The van der Waals surface area contributed by atoms with E-state index in [0.29, 0.717) is 17.0 Å². The minimum absolute atomic E-state index is 0.0528. The van der Waals surface area contributed by atoms with E-state index in [1.54, 1.807) is 6.92 Å². The topological polar surface area (TPSA) is 49.6 Å². The van der Waals surface area contributed by atoms with Crippen molar-refractivity contribution in [3.05, 3.63) is 17.0 Å². The molecular weight excluding hydrogens is 218 g/mol. The van der Waals surface area contributed by atoms with E-state index in [-0.39, 0.29) is 5.91 Å². The fraction of sp³-hybridized carbons (Fsp3) is 0.667. The van der Waals surface area contributed by atoms with E-state index in [4.69, 9.17) is 4.52 Å². The molecule has 0 N–H and O–H groups in total. The van der Waals surface area contributed by atoms with E-state index < -0.39 is 0 Å². The van der Waals surface area contributed by atoms with Gasteiger partial charge in [-0.05, 0) is 20.4 Å². The van der Waals surface area contributed by atoms with E-state index in [1.807, 2.05) is 11.8 Å². The second-order valence-electron chi connectivity index (χ2n) is 4.43. The summed E-state index contributed by atoms with van der Waals surface area (Å²) in [6, 6.07) is 0. The van der Waals surface area contributed by atoms with Crippen molar-refractivity contribution in [3.8, 4) is 0 Å². The summed E-state index contributed by atoms with van der Waals surface area (Å²) < 4.78 is 5.04. The minimum atomic E-state index is 0.0528. The van der Waals surface area contributed by atoms with E-state index in [2.05, 4.69) is 17.0 Å². The van der Waals surface area contributed by atoms with Gasteiger partial charge in [-0.15, -0.1) is 0 Å². The van der Waals surface area contributed by atoms with Crippen LogP contribution >= 0.6 is 0 Å². The van der Waals surface area contributed by atoms with Crippen LogP contribution in [0.4, 0.5) is 0 Å². The zero-order chi connectivity index (χ0) is 12.4. The Kier molecular flexibility index (Phi) is 3.47. The summed E-state index contributed by atoms with van der Waals surface area (Å²) in [6.45, 7) is 10.3. The van der Waals surface area contributed by atoms with Crippen LogP contribution in [0.2, 0.25) is 0 Å². The van der Waals surface area contributed by atoms with Gasteiger partial charge in [-0.3, -0.25) is 4.79 Å². The van der Waals surface area contributed by atoms with Crippen molar-refractivity contribution in [3.63, 3.8) is 0 Å². The summed E-state index contributed by atoms with van der Waals surface area (Å²) in [6.07, 6.45) is 0. The third-order valence-corrected chi connectivity index (χ3v) is 3.35. The van der Waals surface area contributed by atoms with Gasteiger partial charge in [0.25, 0.3) is 5.91 Å². The lowest BCUT2D eigenvalue weighted by molar-refractivity contribution is 0.0641. The molecule has 0 spiro atoms. The van der Waals surface area contributed by atoms with Crippen LogP contribution in [0, 0.1) is 13.8 Å². The fourth-order valence-electron chi connectivity index (χ4n) is 2.21. The lowest BCUT2D eigenvalue weighted by atomic mass is 10.1. The van der Waals surface area contributed by atoms with Crippen LogP contribution in [0.25, 0.3) is 0 Å². The van der Waals surface area contributed by atoms with Crippen molar-refractivity contribution in [2.45, 2.75) is 20.8 Å². The Morgan fingerprint density at radius 1 is 1.29 bits per heavy atom. The Hall–Kier alpha value is -1.36. The number of amides is 1. The molecule has 1 aliphatic rings. The van der Waals surface area contributed by atoms with Crippen LogP contribution in [-0.4, -0.2) is 53.6 Å². The Morgan fingerprint density at radius 3 is 2.41 bits per heavy atom. The summed E-state index contributed by atoms with van der Waals surface area (Å²) in [5, 5.41) is 3.83. The van der Waals surface area contributed by atoms with Crippen molar-refractivity contribution in [1.29, 1.82) is 0 Å². The maximum atomic E-state index is 12.3. The van der Waals surface area contributed by atoms with Gasteiger partial charge in [-0.25, -0.2) is 0 Å². The smallest absolute Gasteiger partial charge is 0.259 e. The first kappa shape index (κ1) is 12.1. The van der Waals surface area contributed by atoms with Crippen LogP contribution in [-0.2, 0) is 0 Å². The molecular formula is C12H19N3O2. The number of piperazine rings is 1. The highest BCUT2D eigenvalue weighted by Gasteiger charge is 2.25. The third kappa shape index (κ3) is 2.34. The average molecular weight is 237 g/mol. The van der Waals surface area contributed by atoms with Crippen LogP contribution < -0.4 is 0 Å². The number of likely N-dealkylation sites (N-methyl/N-ethyl adjacent to an activating group) is 1. The molecule has 0 bridgehead atoms. The van der Waals surface area contributed by atoms with Crippen molar-refractivity contribution < 1.29 is 9.32 Å². The average Bonchev–Trinajstić information content (AvgIpc) is 2.68. The molecule has 1 saturated heterocycles. The molecule has 0 atom stereocenters. The molecule has 0 unspecified atom stereocenters. The molecule has 1 aromatic heterocycles. The summed E-state index contributed by atoms with van der Waals surface area (Å²) >= 11 is 0. The molecule has 1 aliphatic heterocycles. The molecule has 94 valence electrons. The first-order chi connectivity index (χ1) is 8.13. The predicted molar refractivity (Wildman–Crippen MR) is 64.0 cm³/mol. The number of aromatic nitrogens is 1. The van der Waals surface area contributed by atoms with Crippen molar-refractivity contribution in [1.82, 2.24) is 15.0 Å². The van der Waals surface area contributed by atoms with Crippen LogP contribution in [0.5, 0.6) is 0 Å². The van der Waals surface area contributed by atoms with Gasteiger partial charge in [0.1, 0.15) is 11.3 Å². The molecule has 17 heavy (non-hydrogen) atoms. The Labute approximate surface area is 101 Å². The molecule has 1 amide bonds. The highest BCUT2D eigenvalue weighted by atomic mass is 16.5. The SMILES string of the molecule is CCN1CCN(C(=O)c2c(C)noc2C)CC1. The van der Waals surface area contributed by atoms with Gasteiger partial charge in [-0.1, -0.05) is 12.1 Å². The number of carbonyl (C=O) groups excluding carboxylic acids is 1. The quantitative estimate of drug-likeness (QED) is 0.772. The van der Waals surface area contributed by atoms with E-state index in [9.17, 15) is 4.79 Å². The molecule has 2 heterocycles. The highest BCUT2D eigenvalue weighted by molar-refractivity contribution is 5.96. The first-order valence-corrected chi connectivity index (χ1v) is 6.08. The van der Waals surface area contributed by atoms with Gasteiger partial charge in [0.2, 0.25) is 0 Å². The zero-order valence-electron chi connectivity index (χ0n) is 10.7. The number of rotatable bonds is 2. The monoisotopic (exact) mass is 237 g/mol. The van der Waals surface area contributed by atoms with Gasteiger partial charge in [0.05, 0.1) is 5.69 Å². The minimum Gasteiger partial charge on any atom is -0.361 e. The van der Waals surface area contributed by atoms with E-state index >= 15 is 0 Å². The molecule has 5 nitrogen and oxygen atoms in total. The molecule has 0 saturated carbocycles. The lowest BCUT2D eigenvalue weighted by Gasteiger charge is -2.33. The second kappa shape index (κ2) is 4.87. The summed E-state index contributed by atoms with van der Waals surface area (Å²) in [5.74, 6) is 0.669. The number of nitrogens with zero attached hydrogens (tertiary/aromatic N) is 3. The van der Waals surface area contributed by atoms with Crippen LogP contribution in [0.15, 0.2) is 4.52 Å². The first-order valence-electron chi connectivity index (χ1n) is 6.08. The molecule has 2 rings (SSSR count). The van der Waals surface area contributed by atoms with Crippen LogP contribution in [0.3, 0.4) is 0 Å². The highest BCUT2D eigenvalue weighted by Crippen LogP contribution is 2.16. The molecule has 0 aromatic carbocycles. The van der Waals surface area contributed by atoms with Gasteiger partial charge in [-0.2, -0.15) is 0 Å². The summed E-state index contributed by atoms with van der Waals surface area (Å²) in [4.78, 5) is 16.5. The lowest BCUT2D eigenvalue weighted by Crippen LogP contribution is -2.48. The van der Waals surface area contributed by atoms with Crippen molar-refractivity contribution >= 4 is 5.91 Å². The maximum absolute atomic E-state index is 12.3. The largest absolute Gasteiger partial charge is 0.361 e. The normalized spacial score (nSPS) is 17.5.